The van der Waals surface area contributed by atoms with Crippen LogP contribution in [0.5, 0.6) is 0 Å². The first kappa shape index (κ1) is 10.9. The monoisotopic (exact) mass is 214 g/mol. The summed E-state index contributed by atoms with van der Waals surface area (Å²) in [6, 6.07) is 1.25. The lowest BCUT2D eigenvalue weighted by atomic mass is 10.2. The molecular formula is C9H11ClN2O2. The third-order valence-corrected chi connectivity index (χ3v) is 1.99. The van der Waals surface area contributed by atoms with E-state index in [2.05, 4.69) is 10.3 Å². The lowest BCUT2D eigenvalue weighted by Gasteiger charge is -2.10. The Morgan fingerprint density at radius 2 is 2.50 bits per heavy atom. The van der Waals surface area contributed by atoms with Crippen molar-refractivity contribution < 1.29 is 9.90 Å². The highest BCUT2D eigenvalue weighted by molar-refractivity contribution is 6.33. The Balaban J connectivity index is 2.75. The Labute approximate surface area is 86.9 Å². The Hall–Kier alpha value is -1.13. The number of nitrogens with zero attached hydrogens (tertiary/aromatic N) is 1. The van der Waals surface area contributed by atoms with Crippen molar-refractivity contribution in [2.24, 2.45) is 0 Å². The molecule has 1 heterocycles. The first-order valence-corrected chi connectivity index (χ1v) is 4.54. The maximum Gasteiger partial charge on any atom is 0.254 e. The van der Waals surface area contributed by atoms with Gasteiger partial charge in [-0.05, 0) is 13.0 Å². The first-order valence-electron chi connectivity index (χ1n) is 4.16. The van der Waals surface area contributed by atoms with E-state index >= 15 is 0 Å². The van der Waals surface area contributed by atoms with Gasteiger partial charge >= 0.3 is 0 Å². The van der Waals surface area contributed by atoms with Crippen molar-refractivity contribution in [3.63, 3.8) is 0 Å². The molecule has 1 rings (SSSR count). The molecule has 0 saturated carbocycles. The Kier molecular flexibility index (Phi) is 3.85. The molecule has 76 valence electrons. The quantitative estimate of drug-likeness (QED) is 0.784. The topological polar surface area (TPSA) is 62.2 Å². The Bertz CT molecular complexity index is 330. The van der Waals surface area contributed by atoms with E-state index in [9.17, 15) is 4.79 Å². The fourth-order valence-corrected chi connectivity index (χ4v) is 1.08. The average Bonchev–Trinajstić information content (AvgIpc) is 2.18. The minimum atomic E-state index is -0.329. The van der Waals surface area contributed by atoms with Gasteiger partial charge < -0.3 is 10.4 Å². The van der Waals surface area contributed by atoms with Crippen molar-refractivity contribution in [1.82, 2.24) is 10.3 Å². The number of pyridine rings is 1. The van der Waals surface area contributed by atoms with Crippen molar-refractivity contribution in [2.75, 3.05) is 6.61 Å². The van der Waals surface area contributed by atoms with E-state index in [4.69, 9.17) is 16.7 Å². The van der Waals surface area contributed by atoms with Crippen molar-refractivity contribution in [3.05, 3.63) is 29.0 Å². The highest BCUT2D eigenvalue weighted by atomic mass is 35.5. The molecule has 4 nitrogen and oxygen atoms in total. The van der Waals surface area contributed by atoms with Gasteiger partial charge in [-0.15, -0.1) is 0 Å². The van der Waals surface area contributed by atoms with Crippen LogP contribution in [-0.2, 0) is 0 Å². The molecule has 0 aliphatic heterocycles. The number of hydrogen-bond acceptors (Lipinski definition) is 3. The van der Waals surface area contributed by atoms with Crippen LogP contribution in [0.1, 0.15) is 17.3 Å². The molecule has 14 heavy (non-hydrogen) atoms. The molecule has 5 heteroatoms. The van der Waals surface area contributed by atoms with Crippen LogP contribution in [0, 0.1) is 0 Å². The molecule has 0 radical (unpaired) electrons. The van der Waals surface area contributed by atoms with Gasteiger partial charge in [0, 0.05) is 18.4 Å². The maximum atomic E-state index is 11.5. The van der Waals surface area contributed by atoms with Gasteiger partial charge in [-0.1, -0.05) is 11.6 Å². The third-order valence-electron chi connectivity index (χ3n) is 1.66. The van der Waals surface area contributed by atoms with E-state index in [1.54, 1.807) is 13.0 Å². The molecule has 2 N–H and O–H groups in total. The molecule has 0 aromatic carbocycles. The molecular weight excluding hydrogens is 204 g/mol. The van der Waals surface area contributed by atoms with E-state index in [0.717, 1.165) is 0 Å². The second-order valence-corrected chi connectivity index (χ2v) is 3.32. The van der Waals surface area contributed by atoms with Crippen molar-refractivity contribution in [2.45, 2.75) is 13.0 Å². The predicted molar refractivity (Wildman–Crippen MR) is 53.3 cm³/mol. The lowest BCUT2D eigenvalue weighted by molar-refractivity contribution is 0.0922. The zero-order valence-electron chi connectivity index (χ0n) is 7.70. The molecule has 0 aliphatic carbocycles. The summed E-state index contributed by atoms with van der Waals surface area (Å²) in [5.74, 6) is -0.329. The number of nitrogens with one attached hydrogen (secondary N) is 1. The van der Waals surface area contributed by atoms with Gasteiger partial charge in [0.05, 0.1) is 17.2 Å². The normalized spacial score (nSPS) is 12.2. The largest absolute Gasteiger partial charge is 0.394 e. The van der Waals surface area contributed by atoms with Crippen LogP contribution < -0.4 is 5.32 Å². The number of aliphatic hydroxyl groups excluding tert-OH is 1. The predicted octanol–water partition coefficient (Wildman–Crippen LogP) is 0.846. The van der Waals surface area contributed by atoms with E-state index in [0.29, 0.717) is 10.6 Å². The van der Waals surface area contributed by atoms with Crippen molar-refractivity contribution in [3.8, 4) is 0 Å². The highest BCUT2D eigenvalue weighted by Crippen LogP contribution is 2.12. The van der Waals surface area contributed by atoms with Gasteiger partial charge in [0.25, 0.3) is 5.91 Å². The van der Waals surface area contributed by atoms with Crippen LogP contribution in [-0.4, -0.2) is 28.6 Å². The summed E-state index contributed by atoms with van der Waals surface area (Å²) < 4.78 is 0. The number of rotatable bonds is 3. The highest BCUT2D eigenvalue weighted by Gasteiger charge is 2.11. The molecule has 0 fully saturated rings. The molecule has 0 aliphatic rings. The standard InChI is InChI=1S/C9H11ClN2O2/c1-6(5-13)12-9(14)7-4-11-3-2-8(7)10/h2-4,6,13H,5H2,1H3,(H,12,14)/t6-/m1/s1. The smallest absolute Gasteiger partial charge is 0.254 e. The molecule has 0 saturated heterocycles. The number of aromatic nitrogens is 1. The SMILES string of the molecule is C[C@H](CO)NC(=O)c1cnccc1Cl. The summed E-state index contributed by atoms with van der Waals surface area (Å²) in [5, 5.41) is 11.7. The van der Waals surface area contributed by atoms with Gasteiger partial charge in [0.15, 0.2) is 0 Å². The minimum Gasteiger partial charge on any atom is -0.394 e. The number of carbonyl (C=O) groups is 1. The average molecular weight is 215 g/mol. The number of hydrogen-bond donors (Lipinski definition) is 2. The van der Waals surface area contributed by atoms with E-state index in [-0.39, 0.29) is 18.6 Å². The summed E-state index contributed by atoms with van der Waals surface area (Å²) in [5.41, 5.74) is 0.314. The summed E-state index contributed by atoms with van der Waals surface area (Å²) in [4.78, 5) is 15.3. The lowest BCUT2D eigenvalue weighted by Crippen LogP contribution is -2.35. The van der Waals surface area contributed by atoms with Crippen LogP contribution in [0.2, 0.25) is 5.02 Å². The summed E-state index contributed by atoms with van der Waals surface area (Å²) >= 11 is 5.78. The Morgan fingerprint density at radius 3 is 3.07 bits per heavy atom. The van der Waals surface area contributed by atoms with E-state index in [1.165, 1.54) is 12.4 Å². The molecule has 0 bridgehead atoms. The number of aliphatic hydroxyl groups is 1. The fraction of sp³-hybridized carbons (Fsp3) is 0.333. The number of amides is 1. The van der Waals surface area contributed by atoms with Gasteiger partial charge in [-0.3, -0.25) is 9.78 Å². The maximum absolute atomic E-state index is 11.5. The summed E-state index contributed by atoms with van der Waals surface area (Å²) in [6.45, 7) is 1.59. The molecule has 0 unspecified atom stereocenters. The molecule has 1 atom stereocenters. The molecule has 1 aromatic rings. The fourth-order valence-electron chi connectivity index (χ4n) is 0.892. The first-order chi connectivity index (χ1) is 6.65. The number of halogens is 1. The van der Waals surface area contributed by atoms with E-state index < -0.39 is 0 Å². The van der Waals surface area contributed by atoms with Gasteiger partial charge in [-0.2, -0.15) is 0 Å². The van der Waals surface area contributed by atoms with Gasteiger partial charge in [0.1, 0.15) is 0 Å². The van der Waals surface area contributed by atoms with Crippen LogP contribution in [0.3, 0.4) is 0 Å². The van der Waals surface area contributed by atoms with Crippen LogP contribution in [0.15, 0.2) is 18.5 Å². The summed E-state index contributed by atoms with van der Waals surface area (Å²) in [7, 11) is 0. The van der Waals surface area contributed by atoms with Crippen LogP contribution >= 0.6 is 11.6 Å². The van der Waals surface area contributed by atoms with Crippen molar-refractivity contribution >= 4 is 17.5 Å². The van der Waals surface area contributed by atoms with Crippen LogP contribution in [0.25, 0.3) is 0 Å². The molecule has 1 amide bonds. The zero-order chi connectivity index (χ0) is 10.6. The molecule has 1 aromatic heterocycles. The second-order valence-electron chi connectivity index (χ2n) is 2.91. The zero-order valence-corrected chi connectivity index (χ0v) is 8.45. The molecule has 0 spiro atoms. The van der Waals surface area contributed by atoms with Crippen molar-refractivity contribution in [1.29, 1.82) is 0 Å². The van der Waals surface area contributed by atoms with E-state index in [1.807, 2.05) is 0 Å². The van der Waals surface area contributed by atoms with Crippen LogP contribution in [0.4, 0.5) is 0 Å². The summed E-state index contributed by atoms with van der Waals surface area (Å²) in [6.07, 6.45) is 2.90. The Morgan fingerprint density at radius 1 is 1.79 bits per heavy atom. The van der Waals surface area contributed by atoms with Gasteiger partial charge in [-0.25, -0.2) is 0 Å². The third kappa shape index (κ3) is 2.68. The van der Waals surface area contributed by atoms with Gasteiger partial charge in [0.2, 0.25) is 0 Å². The number of carbonyl (C=O) groups excluding carboxylic acids is 1. The second kappa shape index (κ2) is 4.93. The minimum absolute atomic E-state index is 0.108.